The Labute approximate surface area is 660 Å². The maximum absolute atomic E-state index is 7.61. The molecule has 0 aromatic carbocycles. The molecular formula is C40H127BO2P8W8Y4-6. The Hall–Kier alpha value is 13.3. The second kappa shape index (κ2) is 764. The third-order valence-corrected chi connectivity index (χ3v) is 1.06. The molecule has 0 saturated carbocycles. The van der Waals surface area contributed by atoms with E-state index in [1.165, 1.54) is 26.1 Å². The summed E-state index contributed by atoms with van der Waals surface area (Å²) in [5.41, 5.74) is 0. The van der Waals surface area contributed by atoms with E-state index in [0.29, 0.717) is 73.5 Å². The molecule has 23 heteroatoms. The molecule has 408 valence electrons. The normalized spacial score (nSPS) is 6.75. The zero-order chi connectivity index (χ0) is 52.2. The summed E-state index contributed by atoms with van der Waals surface area (Å²) in [6.45, 7) is 66.5. The van der Waals surface area contributed by atoms with Crippen molar-refractivity contribution in [3.05, 3.63) is 42.5 Å². The van der Waals surface area contributed by atoms with Crippen LogP contribution in [0.4, 0.5) is 0 Å². The Morgan fingerprint density at radius 1 is 0.349 bits per heavy atom. The van der Waals surface area contributed by atoms with Crippen LogP contribution in [0.3, 0.4) is 0 Å². The summed E-state index contributed by atoms with van der Waals surface area (Å²) < 4.78 is 49.9. The molecule has 0 amide bonds. The van der Waals surface area contributed by atoms with Crippen molar-refractivity contribution in [2.24, 2.45) is 0 Å². The van der Waals surface area contributed by atoms with Crippen LogP contribution in [-0.4, -0.2) is 80.7 Å². The molecular weight excluding hydrogens is 2600 g/mol. The standard InChI is InChI=1S/3C4H9.C3H7.7C2H6.CH5BO2.8CH5P.2CH3.8W.4Y/c3*1-3-4-2;1-3-2;7*1-2;1-2(3)4;8*1-2;;;;;;;;;;;;;;/h3*1,3-4H2,2H3;1,3H2,2H3;7*1-2H3;3-4H,1H3;8*2H2,1H3;2*1H3;;;;;;;;;;;;/q4*-1;;;;;;;;;;;;;;;;;2*-1;;;;;;;;;;;;/i;;;;;;;;;;;;8*2T;;;;;;;;;;;;;;. The van der Waals surface area contributed by atoms with E-state index in [1.807, 2.05) is 157 Å². The molecule has 0 aromatic rings. The van der Waals surface area contributed by atoms with Gasteiger partial charge in [0.05, 0.1) is 10.2 Å². The third-order valence-electron chi connectivity index (χ3n) is 1.06. The van der Waals surface area contributed by atoms with Crippen LogP contribution in [-0.2, 0) is 299 Å². The van der Waals surface area contributed by atoms with E-state index in [1.54, 1.807) is 0 Å². The van der Waals surface area contributed by atoms with Crippen LogP contribution in [0.5, 0.6) is 0 Å². The summed E-state index contributed by atoms with van der Waals surface area (Å²) in [6, 6.07) is 0. The molecule has 0 spiro atoms. The molecule has 0 rings (SSSR count). The van der Waals surface area contributed by atoms with Crippen LogP contribution < -0.4 is 0 Å². The number of rotatable bonds is 3. The summed E-state index contributed by atoms with van der Waals surface area (Å²) in [5, 5.41) is 15.2. The van der Waals surface area contributed by atoms with E-state index in [9.17, 15) is 0 Å². The molecule has 0 aliphatic heterocycles. The Kier molecular flexibility index (Phi) is 2070. The molecule has 0 aromatic heterocycles. The molecule has 0 bridgehead atoms. The molecule has 0 fully saturated rings. The second-order valence-electron chi connectivity index (χ2n) is 3.69. The summed E-state index contributed by atoms with van der Waals surface area (Å²) in [6.07, 6.45) is 7.83. The first kappa shape index (κ1) is 171. The SMILES string of the molecule is CB(O)O.CC.CC.CC.CC.CC.CC.CC.[3H]PC.[3H]PC.[3H]PC.[3H]PC.[3H]PC.[3H]PC.[3H]PC.[3H]PC.[CH2-]CC.[CH2-]CCC.[CH2-]CCC.[CH2-]CCC.[CH3-].[CH3-].[W].[W].[W].[W].[W].[W].[W].[W].[Y].[Y].[Y].[Y]. The van der Waals surface area contributed by atoms with E-state index in [4.69, 9.17) is 20.3 Å². The fourth-order valence-corrected chi connectivity index (χ4v) is 0. The van der Waals surface area contributed by atoms with Crippen molar-refractivity contribution in [2.75, 3.05) is 53.3 Å². The molecule has 0 aliphatic rings. The van der Waals surface area contributed by atoms with Crippen LogP contribution in [0.1, 0.15) is 170 Å². The maximum Gasteiger partial charge on any atom is 0.448 e. The molecule has 63 heavy (non-hydrogen) atoms. The predicted molar refractivity (Wildman–Crippen MR) is 310 cm³/mol. The first-order valence-corrected chi connectivity index (χ1v) is 26.4. The average Bonchev–Trinajstić information content (AvgIpc) is 3.23. The van der Waals surface area contributed by atoms with Gasteiger partial charge in [0.15, 0.2) is 0 Å². The average molecular weight is 2740 g/mol. The second-order valence-corrected chi connectivity index (χ2v) is 3.69. The van der Waals surface area contributed by atoms with E-state index in [2.05, 4.69) is 48.5 Å². The monoisotopic (exact) mass is 2740 g/mol. The molecule has 2 nitrogen and oxygen atoms in total. The van der Waals surface area contributed by atoms with Crippen molar-refractivity contribution in [1.82, 2.24) is 0 Å². The van der Waals surface area contributed by atoms with E-state index in [0.717, 1.165) is 25.7 Å². The Morgan fingerprint density at radius 2 is 0.365 bits per heavy atom. The Morgan fingerprint density at radius 3 is 0.365 bits per heavy atom. The summed E-state index contributed by atoms with van der Waals surface area (Å²) in [4.78, 5) is 0. The zero-order valence-electron chi connectivity index (χ0n) is 55.8. The summed E-state index contributed by atoms with van der Waals surface area (Å²) in [7, 11) is 1.50. The fraction of sp³-hybridized carbons (Fsp3) is 0.850. The third kappa shape index (κ3) is 1520. The van der Waals surface area contributed by atoms with Gasteiger partial charge in [-0.1, -0.05) is 197 Å². The van der Waals surface area contributed by atoms with Gasteiger partial charge in [-0.25, -0.2) is 0 Å². The van der Waals surface area contributed by atoms with Crippen molar-refractivity contribution in [3.8, 4) is 0 Å². The minimum absolute atomic E-state index is 0. The molecule has 8 atom stereocenters. The topological polar surface area (TPSA) is 40.5 Å². The zero-order valence-corrected chi connectivity index (χ0v) is 90.6. The summed E-state index contributed by atoms with van der Waals surface area (Å²) >= 11 is 0. The van der Waals surface area contributed by atoms with Gasteiger partial charge >= 0.3 is 7.12 Å². The molecule has 2 N–H and O–H groups in total. The van der Waals surface area contributed by atoms with Crippen LogP contribution >= 0.6 is 73.5 Å². The van der Waals surface area contributed by atoms with E-state index < -0.39 is 7.12 Å². The minimum Gasteiger partial charge on any atom is -0.427 e. The Bertz CT molecular complexity index is 243. The fourth-order valence-electron chi connectivity index (χ4n) is 0. The smallest absolute Gasteiger partial charge is 0.427 e. The van der Waals surface area contributed by atoms with Gasteiger partial charge < -0.3 is 52.6 Å². The minimum atomic E-state index is -1.17. The van der Waals surface area contributed by atoms with Gasteiger partial charge in [0.1, 0.15) is 0 Å². The van der Waals surface area contributed by atoms with Crippen LogP contribution in [0, 0.1) is 42.5 Å². The van der Waals surface area contributed by atoms with Gasteiger partial charge in [-0.3, -0.25) is 0 Å². The van der Waals surface area contributed by atoms with Gasteiger partial charge in [0.2, 0.25) is 0 Å². The van der Waals surface area contributed by atoms with Crippen molar-refractivity contribution in [1.29, 1.82) is 10.2 Å². The summed E-state index contributed by atoms with van der Waals surface area (Å²) in [5.74, 6) is 0. The van der Waals surface area contributed by atoms with Crippen LogP contribution in [0.25, 0.3) is 0 Å². The number of hydrogen-bond donors (Lipinski definition) is 2. The predicted octanol–water partition coefficient (Wildman–Crippen LogP) is 17.2. The molecule has 0 heterocycles. The van der Waals surface area contributed by atoms with Gasteiger partial charge in [-0.05, 0) is 6.82 Å². The van der Waals surface area contributed by atoms with E-state index in [-0.39, 0.29) is 314 Å². The maximum atomic E-state index is 7.61. The number of unbranched alkanes of at least 4 members (excludes halogenated alkanes) is 3. The first-order chi connectivity index (χ1) is 27.2. The molecule has 8 unspecified atom stereocenters. The number of hydrogen-bond acceptors (Lipinski definition) is 2. The van der Waals surface area contributed by atoms with E-state index >= 15 is 0 Å². The van der Waals surface area contributed by atoms with Crippen LogP contribution in [0.15, 0.2) is 0 Å². The Balaban J connectivity index is -0.00000000630. The van der Waals surface area contributed by atoms with Crippen molar-refractivity contribution >= 4 is 80.6 Å². The van der Waals surface area contributed by atoms with Crippen molar-refractivity contribution < 1.29 is 309 Å². The molecule has 4 radical (unpaired) electrons. The van der Waals surface area contributed by atoms with Crippen LogP contribution in [0.2, 0.25) is 6.82 Å². The van der Waals surface area contributed by atoms with Gasteiger partial charge in [0, 0.05) is 299 Å². The van der Waals surface area contributed by atoms with Gasteiger partial charge in [0.25, 0.3) is 0 Å². The van der Waals surface area contributed by atoms with Crippen molar-refractivity contribution in [2.45, 2.75) is 176 Å². The first-order valence-electron chi connectivity index (χ1n) is 22.4. The van der Waals surface area contributed by atoms with Gasteiger partial charge in [-0.2, -0.15) is 25.7 Å². The van der Waals surface area contributed by atoms with Gasteiger partial charge in [-0.15, -0.1) is 73.5 Å². The quantitative estimate of drug-likeness (QED) is 0.168. The molecule has 0 aliphatic carbocycles. The molecule has 0 saturated heterocycles. The van der Waals surface area contributed by atoms with Crippen molar-refractivity contribution in [3.63, 3.8) is 0 Å². The largest absolute Gasteiger partial charge is 0.448 e.